The Bertz CT molecular complexity index is 371. The molecule has 1 aromatic heterocycles. The topological polar surface area (TPSA) is 29.0 Å². The van der Waals surface area contributed by atoms with Crippen molar-refractivity contribution < 1.29 is 0 Å². The smallest absolute Gasteiger partial charge is 0.0689 e. The predicted octanol–water partition coefficient (Wildman–Crippen LogP) is 2.37. The van der Waals surface area contributed by atoms with E-state index in [1.54, 1.807) is 0 Å². The van der Waals surface area contributed by atoms with Gasteiger partial charge < -0.3 is 0 Å². The highest BCUT2D eigenvalue weighted by atomic mass is 15.2. The lowest BCUT2D eigenvalue weighted by molar-refractivity contribution is 0.201. The third kappa shape index (κ3) is 2.24. The van der Waals surface area contributed by atoms with Crippen LogP contribution in [0.25, 0.3) is 0 Å². The van der Waals surface area contributed by atoms with E-state index in [1.807, 2.05) is 0 Å². The standard InChI is InChI=1S/C13H21N3/c1-9(2)13-7-11-8-16(10(3)4)6-5-12(11)14-15-13/h7,9-10H,5-6,8H2,1-4H3. The van der Waals surface area contributed by atoms with Crippen LogP contribution in [0.5, 0.6) is 0 Å². The van der Waals surface area contributed by atoms with Crippen molar-refractivity contribution in [2.24, 2.45) is 0 Å². The van der Waals surface area contributed by atoms with Gasteiger partial charge in [-0.2, -0.15) is 10.2 Å². The van der Waals surface area contributed by atoms with Crippen molar-refractivity contribution in [3.63, 3.8) is 0 Å². The van der Waals surface area contributed by atoms with E-state index in [0.717, 1.165) is 25.2 Å². The number of hydrogen-bond acceptors (Lipinski definition) is 3. The van der Waals surface area contributed by atoms with Crippen LogP contribution in [0.3, 0.4) is 0 Å². The minimum absolute atomic E-state index is 0.465. The first-order valence-corrected chi connectivity index (χ1v) is 6.17. The molecule has 1 aromatic rings. The summed E-state index contributed by atoms with van der Waals surface area (Å²) in [4.78, 5) is 2.49. The van der Waals surface area contributed by atoms with Crippen molar-refractivity contribution in [3.8, 4) is 0 Å². The zero-order chi connectivity index (χ0) is 11.7. The molecule has 0 fully saturated rings. The van der Waals surface area contributed by atoms with Crippen LogP contribution in [-0.4, -0.2) is 27.7 Å². The molecule has 2 rings (SSSR count). The van der Waals surface area contributed by atoms with Crippen molar-refractivity contribution in [2.45, 2.75) is 52.6 Å². The van der Waals surface area contributed by atoms with Crippen molar-refractivity contribution in [1.29, 1.82) is 0 Å². The second kappa shape index (κ2) is 4.50. The Morgan fingerprint density at radius 3 is 2.56 bits per heavy atom. The van der Waals surface area contributed by atoms with Gasteiger partial charge in [-0.15, -0.1) is 0 Å². The van der Waals surface area contributed by atoms with Crippen LogP contribution >= 0.6 is 0 Å². The minimum Gasteiger partial charge on any atom is -0.296 e. The highest BCUT2D eigenvalue weighted by Gasteiger charge is 2.20. The molecule has 0 aliphatic carbocycles. The molecule has 3 heteroatoms. The zero-order valence-electron chi connectivity index (χ0n) is 10.7. The van der Waals surface area contributed by atoms with Gasteiger partial charge in [-0.1, -0.05) is 13.8 Å². The van der Waals surface area contributed by atoms with Crippen LogP contribution in [0.4, 0.5) is 0 Å². The molecular formula is C13H21N3. The van der Waals surface area contributed by atoms with Gasteiger partial charge in [0, 0.05) is 25.6 Å². The number of fused-ring (bicyclic) bond motifs is 1. The average Bonchev–Trinajstić information content (AvgIpc) is 2.27. The Kier molecular flexibility index (Phi) is 3.24. The van der Waals surface area contributed by atoms with Gasteiger partial charge in [-0.25, -0.2) is 0 Å². The lowest BCUT2D eigenvalue weighted by Gasteiger charge is -2.31. The zero-order valence-corrected chi connectivity index (χ0v) is 10.7. The molecule has 0 N–H and O–H groups in total. The van der Waals surface area contributed by atoms with Crippen molar-refractivity contribution in [3.05, 3.63) is 23.0 Å². The van der Waals surface area contributed by atoms with Crippen molar-refractivity contribution in [2.75, 3.05) is 6.54 Å². The average molecular weight is 219 g/mol. The molecule has 0 unspecified atom stereocenters. The summed E-state index contributed by atoms with van der Waals surface area (Å²) in [5, 5.41) is 8.65. The van der Waals surface area contributed by atoms with Crippen molar-refractivity contribution in [1.82, 2.24) is 15.1 Å². The number of rotatable bonds is 2. The Hall–Kier alpha value is -0.960. The largest absolute Gasteiger partial charge is 0.296 e. The molecule has 0 atom stereocenters. The Morgan fingerprint density at radius 1 is 1.19 bits per heavy atom. The maximum Gasteiger partial charge on any atom is 0.0689 e. The Balaban J connectivity index is 2.25. The van der Waals surface area contributed by atoms with Gasteiger partial charge in [0.15, 0.2) is 0 Å². The number of nitrogens with zero attached hydrogens (tertiary/aromatic N) is 3. The fourth-order valence-corrected chi connectivity index (χ4v) is 2.09. The summed E-state index contributed by atoms with van der Waals surface area (Å²) >= 11 is 0. The van der Waals surface area contributed by atoms with Crippen molar-refractivity contribution >= 4 is 0 Å². The molecule has 0 spiro atoms. The van der Waals surface area contributed by atoms with E-state index in [-0.39, 0.29) is 0 Å². The monoisotopic (exact) mass is 219 g/mol. The van der Waals surface area contributed by atoms with Crippen LogP contribution in [0.1, 0.15) is 50.6 Å². The van der Waals surface area contributed by atoms with E-state index in [4.69, 9.17) is 0 Å². The summed E-state index contributed by atoms with van der Waals surface area (Å²) in [6.07, 6.45) is 1.04. The molecule has 0 saturated heterocycles. The van der Waals surface area contributed by atoms with Gasteiger partial charge in [0.2, 0.25) is 0 Å². The fraction of sp³-hybridized carbons (Fsp3) is 0.692. The van der Waals surface area contributed by atoms with Crippen LogP contribution in [-0.2, 0) is 13.0 Å². The predicted molar refractivity (Wildman–Crippen MR) is 65.4 cm³/mol. The minimum atomic E-state index is 0.465. The summed E-state index contributed by atoms with van der Waals surface area (Å²) in [7, 11) is 0. The number of hydrogen-bond donors (Lipinski definition) is 0. The van der Waals surface area contributed by atoms with Crippen LogP contribution in [0, 0.1) is 0 Å². The van der Waals surface area contributed by atoms with E-state index in [9.17, 15) is 0 Å². The fourth-order valence-electron chi connectivity index (χ4n) is 2.09. The molecule has 3 nitrogen and oxygen atoms in total. The molecule has 0 bridgehead atoms. The van der Waals surface area contributed by atoms with Crippen LogP contribution < -0.4 is 0 Å². The maximum atomic E-state index is 4.36. The molecule has 0 saturated carbocycles. The summed E-state index contributed by atoms with van der Waals surface area (Å²) in [6.45, 7) is 11.0. The second-order valence-corrected chi connectivity index (χ2v) is 5.21. The third-order valence-electron chi connectivity index (χ3n) is 3.31. The van der Waals surface area contributed by atoms with E-state index in [0.29, 0.717) is 12.0 Å². The first-order valence-electron chi connectivity index (χ1n) is 6.17. The summed E-state index contributed by atoms with van der Waals surface area (Å²) in [5.41, 5.74) is 3.68. The first kappa shape index (κ1) is 11.5. The maximum absolute atomic E-state index is 4.36. The normalized spacial score (nSPS) is 16.9. The lowest BCUT2D eigenvalue weighted by Crippen LogP contribution is -2.36. The van der Waals surface area contributed by atoms with Gasteiger partial charge >= 0.3 is 0 Å². The highest BCUT2D eigenvalue weighted by molar-refractivity contribution is 5.25. The van der Waals surface area contributed by atoms with Gasteiger partial charge in [-0.3, -0.25) is 4.90 Å². The quantitative estimate of drug-likeness (QED) is 0.764. The molecule has 88 valence electrons. The molecular weight excluding hydrogens is 198 g/mol. The summed E-state index contributed by atoms with van der Waals surface area (Å²) in [5.74, 6) is 0.465. The second-order valence-electron chi connectivity index (χ2n) is 5.21. The highest BCUT2D eigenvalue weighted by Crippen LogP contribution is 2.21. The van der Waals surface area contributed by atoms with E-state index in [1.165, 1.54) is 11.3 Å². The molecule has 1 aliphatic rings. The summed E-state index contributed by atoms with van der Waals surface area (Å²) < 4.78 is 0. The van der Waals surface area contributed by atoms with Gasteiger partial charge in [0.25, 0.3) is 0 Å². The SMILES string of the molecule is CC(C)c1cc2c(nn1)CCN(C(C)C)C2. The van der Waals surface area contributed by atoms with Crippen LogP contribution in [0.15, 0.2) is 6.07 Å². The third-order valence-corrected chi connectivity index (χ3v) is 3.31. The van der Waals surface area contributed by atoms with E-state index in [2.05, 4.69) is 48.9 Å². The Labute approximate surface area is 97.9 Å². The van der Waals surface area contributed by atoms with Gasteiger partial charge in [0.05, 0.1) is 11.4 Å². The van der Waals surface area contributed by atoms with E-state index < -0.39 is 0 Å². The van der Waals surface area contributed by atoms with Crippen LogP contribution in [0.2, 0.25) is 0 Å². The van der Waals surface area contributed by atoms with E-state index >= 15 is 0 Å². The molecule has 0 radical (unpaired) electrons. The number of aromatic nitrogens is 2. The molecule has 1 aliphatic heterocycles. The first-order chi connectivity index (χ1) is 7.58. The van der Waals surface area contributed by atoms with Gasteiger partial charge in [-0.05, 0) is 31.4 Å². The van der Waals surface area contributed by atoms with Gasteiger partial charge in [0.1, 0.15) is 0 Å². The molecule has 16 heavy (non-hydrogen) atoms. The molecule has 2 heterocycles. The summed E-state index contributed by atoms with van der Waals surface area (Å²) in [6, 6.07) is 2.85. The molecule has 0 amide bonds. The lowest BCUT2D eigenvalue weighted by atomic mass is 10.0. The molecule has 0 aromatic carbocycles. The Morgan fingerprint density at radius 2 is 1.94 bits per heavy atom.